The molecule has 6 heteroatoms. The topological polar surface area (TPSA) is 101 Å². The van der Waals surface area contributed by atoms with Crippen LogP contribution in [0.2, 0.25) is 0 Å². The number of aliphatic carboxylic acids is 1. The second kappa shape index (κ2) is 15.3. The molecular weight excluding hydrogens is 398 g/mol. The Morgan fingerprint density at radius 1 is 0.933 bits per heavy atom. The molecule has 0 aliphatic carbocycles. The number of carboxylic acid groups (broad SMARTS) is 1. The summed E-state index contributed by atoms with van der Waals surface area (Å²) >= 11 is 0.908. The average molecular weight is 438 g/mol. The molecule has 1 rings (SSSR count). The smallest absolute Gasteiger partial charge is 0.304 e. The van der Waals surface area contributed by atoms with Gasteiger partial charge in [-0.25, -0.2) is 0 Å². The van der Waals surface area contributed by atoms with E-state index in [1.165, 1.54) is 57.8 Å². The van der Waals surface area contributed by atoms with Crippen LogP contribution in [0, 0.1) is 0 Å². The van der Waals surface area contributed by atoms with Gasteiger partial charge in [0, 0.05) is 12.2 Å². The molecule has 1 amide bonds. The van der Waals surface area contributed by atoms with E-state index in [4.69, 9.17) is 10.8 Å². The van der Waals surface area contributed by atoms with Gasteiger partial charge >= 0.3 is 5.97 Å². The summed E-state index contributed by atoms with van der Waals surface area (Å²) in [4.78, 5) is 20.8. The van der Waals surface area contributed by atoms with Crippen LogP contribution in [-0.4, -0.2) is 32.8 Å². The maximum absolute atomic E-state index is 11.9. The number of benzene rings is 1. The van der Waals surface area contributed by atoms with E-state index in [0.717, 1.165) is 35.7 Å². The number of unbranched alkanes of at least 4 members (excludes halogenated alkanes) is 9. The largest absolute Gasteiger partial charge is 0.481 e. The molecule has 0 radical (unpaired) electrons. The Morgan fingerprint density at radius 2 is 1.47 bits per heavy atom. The van der Waals surface area contributed by atoms with Gasteiger partial charge in [-0.2, -0.15) is 0 Å². The van der Waals surface area contributed by atoms with Gasteiger partial charge in [-0.15, -0.1) is 11.8 Å². The molecule has 0 saturated carbocycles. The highest BCUT2D eigenvalue weighted by Crippen LogP contribution is 2.29. The molecular formula is C24H39NO4S. The number of carbonyl (C=O) groups is 2. The summed E-state index contributed by atoms with van der Waals surface area (Å²) in [6.45, 7) is 2.24. The maximum atomic E-state index is 11.9. The number of carboxylic acids is 1. The van der Waals surface area contributed by atoms with E-state index in [9.17, 15) is 14.7 Å². The predicted molar refractivity (Wildman–Crippen MR) is 125 cm³/mol. The van der Waals surface area contributed by atoms with E-state index in [2.05, 4.69) is 6.92 Å². The van der Waals surface area contributed by atoms with Crippen LogP contribution >= 0.6 is 11.8 Å². The van der Waals surface area contributed by atoms with Crippen LogP contribution in [0.25, 0.3) is 0 Å². The van der Waals surface area contributed by atoms with Crippen molar-refractivity contribution >= 4 is 23.6 Å². The maximum Gasteiger partial charge on any atom is 0.304 e. The third-order valence-electron chi connectivity index (χ3n) is 5.39. The number of hydrogen-bond donors (Lipinski definition) is 3. The average Bonchev–Trinajstić information content (AvgIpc) is 2.70. The van der Waals surface area contributed by atoms with Crippen LogP contribution in [0.5, 0.6) is 0 Å². The molecule has 0 heterocycles. The summed E-state index contributed by atoms with van der Waals surface area (Å²) in [5.74, 6) is -1.66. The van der Waals surface area contributed by atoms with Crippen molar-refractivity contribution < 1.29 is 19.8 Å². The minimum absolute atomic E-state index is 0.0978. The van der Waals surface area contributed by atoms with Gasteiger partial charge in [0.2, 0.25) is 0 Å². The molecule has 0 aliphatic heterocycles. The van der Waals surface area contributed by atoms with Gasteiger partial charge < -0.3 is 15.9 Å². The monoisotopic (exact) mass is 437 g/mol. The number of thioether (sulfide) groups is 1. The zero-order valence-corrected chi connectivity index (χ0v) is 19.2. The third-order valence-corrected chi connectivity index (χ3v) is 6.62. The van der Waals surface area contributed by atoms with E-state index >= 15 is 0 Å². The number of nitrogens with two attached hydrogens (primary N) is 1. The number of hydrogen-bond acceptors (Lipinski definition) is 4. The molecule has 1 unspecified atom stereocenters. The fourth-order valence-electron chi connectivity index (χ4n) is 3.55. The minimum atomic E-state index is -1.79. The molecule has 0 fully saturated rings. The molecule has 1 aromatic rings. The first-order valence-corrected chi connectivity index (χ1v) is 12.3. The Hall–Kier alpha value is -1.53. The normalized spacial score (nSPS) is 13.1. The van der Waals surface area contributed by atoms with E-state index in [1.807, 2.05) is 24.3 Å². The summed E-state index contributed by atoms with van der Waals surface area (Å²) in [6.07, 6.45) is 13.7. The highest BCUT2D eigenvalue weighted by molar-refractivity contribution is 8.01. The van der Waals surface area contributed by atoms with Crippen LogP contribution < -0.4 is 5.73 Å². The van der Waals surface area contributed by atoms with Crippen LogP contribution in [0.3, 0.4) is 0 Å². The van der Waals surface area contributed by atoms with E-state index < -0.39 is 16.8 Å². The molecule has 4 N–H and O–H groups in total. The van der Waals surface area contributed by atoms with Crippen molar-refractivity contribution in [1.82, 2.24) is 0 Å². The Morgan fingerprint density at radius 3 is 2.00 bits per heavy atom. The zero-order valence-electron chi connectivity index (χ0n) is 18.4. The Labute approximate surface area is 185 Å². The minimum Gasteiger partial charge on any atom is -0.481 e. The first kappa shape index (κ1) is 26.5. The lowest BCUT2D eigenvalue weighted by Gasteiger charge is -2.25. The van der Waals surface area contributed by atoms with Crippen LogP contribution in [0.4, 0.5) is 0 Å². The van der Waals surface area contributed by atoms with Crippen molar-refractivity contribution in [2.45, 2.75) is 95.3 Å². The highest BCUT2D eigenvalue weighted by atomic mass is 32.2. The van der Waals surface area contributed by atoms with Gasteiger partial charge in [-0.3, -0.25) is 9.59 Å². The summed E-state index contributed by atoms with van der Waals surface area (Å²) in [6, 6.07) is 7.81. The van der Waals surface area contributed by atoms with Crippen LogP contribution in [0.1, 0.15) is 88.7 Å². The summed E-state index contributed by atoms with van der Waals surface area (Å²) in [7, 11) is 0. The van der Waals surface area contributed by atoms with Gasteiger partial charge in [0.25, 0.3) is 5.91 Å². The van der Waals surface area contributed by atoms with E-state index in [0.29, 0.717) is 0 Å². The first-order chi connectivity index (χ1) is 14.4. The van der Waals surface area contributed by atoms with Gasteiger partial charge in [0.15, 0.2) is 4.93 Å². The quantitative estimate of drug-likeness (QED) is 0.220. The van der Waals surface area contributed by atoms with E-state index in [1.54, 1.807) is 0 Å². The molecule has 0 bridgehead atoms. The van der Waals surface area contributed by atoms with Gasteiger partial charge in [0.05, 0.1) is 6.42 Å². The molecule has 0 aliphatic rings. The lowest BCUT2D eigenvalue weighted by atomic mass is 9.96. The molecule has 0 spiro atoms. The fraction of sp³-hybridized carbons (Fsp3) is 0.667. The number of primary amides is 1. The predicted octanol–water partition coefficient (Wildman–Crippen LogP) is 5.07. The summed E-state index contributed by atoms with van der Waals surface area (Å²) in [5, 5.41) is 19.5. The van der Waals surface area contributed by atoms with Crippen molar-refractivity contribution in [3.8, 4) is 0 Å². The Kier molecular flexibility index (Phi) is 13.5. The number of carbonyl (C=O) groups excluding carboxylic acids is 1. The number of aryl methyl sites for hydroxylation is 1. The first-order valence-electron chi connectivity index (χ1n) is 11.3. The van der Waals surface area contributed by atoms with Gasteiger partial charge in [-0.1, -0.05) is 89.0 Å². The Balaban J connectivity index is 2.45. The lowest BCUT2D eigenvalue weighted by Crippen LogP contribution is -2.43. The third kappa shape index (κ3) is 11.0. The Bertz CT molecular complexity index is 637. The van der Waals surface area contributed by atoms with Crippen LogP contribution in [-0.2, 0) is 22.4 Å². The number of aliphatic hydroxyl groups is 1. The van der Waals surface area contributed by atoms with E-state index in [-0.39, 0.29) is 18.6 Å². The second-order valence-electron chi connectivity index (χ2n) is 8.02. The second-order valence-corrected chi connectivity index (χ2v) is 9.39. The van der Waals surface area contributed by atoms with Gasteiger partial charge in [0.1, 0.15) is 0 Å². The SMILES string of the molecule is CCCCCCCCCCCCc1ccccc1CC(O)(SCCC(=O)O)C(N)=O. The summed E-state index contributed by atoms with van der Waals surface area (Å²) in [5.41, 5.74) is 7.46. The molecule has 5 nitrogen and oxygen atoms in total. The molecule has 30 heavy (non-hydrogen) atoms. The van der Waals surface area contributed by atoms with Crippen molar-refractivity contribution in [2.24, 2.45) is 5.73 Å². The molecule has 0 saturated heterocycles. The van der Waals surface area contributed by atoms with Crippen LogP contribution in [0.15, 0.2) is 24.3 Å². The van der Waals surface area contributed by atoms with Gasteiger partial charge in [-0.05, 0) is 24.0 Å². The molecule has 0 aromatic heterocycles. The summed E-state index contributed by atoms with van der Waals surface area (Å²) < 4.78 is 0. The lowest BCUT2D eigenvalue weighted by molar-refractivity contribution is -0.136. The fourth-order valence-corrected chi connectivity index (χ4v) is 4.57. The number of rotatable bonds is 18. The molecule has 1 atom stereocenters. The molecule has 1 aromatic carbocycles. The zero-order chi connectivity index (χ0) is 22.2. The van der Waals surface area contributed by atoms with Crippen molar-refractivity contribution in [1.29, 1.82) is 0 Å². The number of amides is 1. The standard InChI is InChI=1S/C24H39NO4S/c1-2-3-4-5-6-7-8-9-10-11-14-20-15-12-13-16-21(20)19-24(29,23(25)28)30-18-17-22(26)27/h12-13,15-16,29H,2-11,14,17-19H2,1H3,(H2,25,28)(H,26,27). The van der Waals surface area contributed by atoms with Crippen molar-refractivity contribution in [3.05, 3.63) is 35.4 Å². The van der Waals surface area contributed by atoms with Crippen molar-refractivity contribution in [3.63, 3.8) is 0 Å². The van der Waals surface area contributed by atoms with Crippen molar-refractivity contribution in [2.75, 3.05) is 5.75 Å². The highest BCUT2D eigenvalue weighted by Gasteiger charge is 2.35. The molecule has 170 valence electrons.